The number of thiophene rings is 1. The number of carbonyl (C=O) groups excluding carboxylic acids is 1. The molecule has 0 N–H and O–H groups in total. The monoisotopic (exact) mass is 438 g/mol. The van der Waals surface area contributed by atoms with E-state index >= 15 is 0 Å². The maximum Gasteiger partial charge on any atom is 0.293 e. The lowest BCUT2D eigenvalue weighted by atomic mass is 10.2. The first-order valence-electron chi connectivity index (χ1n) is 9.21. The summed E-state index contributed by atoms with van der Waals surface area (Å²) in [7, 11) is 3.29. The van der Waals surface area contributed by atoms with E-state index in [0.717, 1.165) is 16.1 Å². The van der Waals surface area contributed by atoms with Crippen molar-refractivity contribution in [2.75, 3.05) is 14.2 Å². The summed E-state index contributed by atoms with van der Waals surface area (Å²) in [6.07, 6.45) is 0. The summed E-state index contributed by atoms with van der Waals surface area (Å²) >= 11 is 7.66. The highest BCUT2D eigenvalue weighted by Gasteiger charge is 2.23. The molecule has 4 aromatic rings. The molecule has 6 nitrogen and oxygen atoms in total. The highest BCUT2D eigenvalue weighted by Crippen LogP contribution is 2.27. The first kappa shape index (κ1) is 20.1. The van der Waals surface area contributed by atoms with Gasteiger partial charge >= 0.3 is 0 Å². The predicted octanol–water partition coefficient (Wildman–Crippen LogP) is 4.93. The van der Waals surface area contributed by atoms with Crippen molar-refractivity contribution in [2.45, 2.75) is 6.54 Å². The van der Waals surface area contributed by atoms with Crippen LogP contribution in [0.1, 0.15) is 16.2 Å². The molecule has 0 saturated heterocycles. The Labute approximate surface area is 183 Å². The van der Waals surface area contributed by atoms with Gasteiger partial charge in [-0.15, -0.1) is 16.4 Å². The quantitative estimate of drug-likeness (QED) is 0.428. The number of ether oxygens (including phenoxy) is 1. The first-order chi connectivity index (χ1) is 14.6. The van der Waals surface area contributed by atoms with Gasteiger partial charge in [0, 0.05) is 24.2 Å². The highest BCUT2D eigenvalue weighted by molar-refractivity contribution is 7.13. The van der Waals surface area contributed by atoms with Gasteiger partial charge < -0.3 is 9.64 Å². The van der Waals surface area contributed by atoms with Crippen LogP contribution in [0.3, 0.4) is 0 Å². The van der Waals surface area contributed by atoms with Crippen molar-refractivity contribution in [3.05, 3.63) is 82.5 Å². The summed E-state index contributed by atoms with van der Waals surface area (Å²) in [5, 5.41) is 7.08. The Balaban J connectivity index is 1.67. The molecule has 0 fully saturated rings. The fourth-order valence-electron chi connectivity index (χ4n) is 3.09. The van der Waals surface area contributed by atoms with Crippen LogP contribution in [-0.4, -0.2) is 39.7 Å². The molecule has 2 aromatic heterocycles. The molecule has 30 heavy (non-hydrogen) atoms. The van der Waals surface area contributed by atoms with E-state index in [2.05, 4.69) is 10.1 Å². The first-order valence-corrected chi connectivity index (χ1v) is 10.5. The van der Waals surface area contributed by atoms with Gasteiger partial charge in [0.15, 0.2) is 5.82 Å². The number of aromatic nitrogens is 3. The predicted molar refractivity (Wildman–Crippen MR) is 118 cm³/mol. The van der Waals surface area contributed by atoms with Crippen LogP contribution in [0.25, 0.3) is 16.4 Å². The smallest absolute Gasteiger partial charge is 0.293 e. The van der Waals surface area contributed by atoms with E-state index in [9.17, 15) is 4.79 Å². The molecule has 4 rings (SSSR count). The highest BCUT2D eigenvalue weighted by atomic mass is 35.5. The fourth-order valence-corrected chi connectivity index (χ4v) is 3.98. The van der Waals surface area contributed by atoms with Crippen LogP contribution in [0, 0.1) is 0 Å². The molecule has 0 spiro atoms. The Kier molecular flexibility index (Phi) is 5.83. The number of halogens is 1. The molecular weight excluding hydrogens is 420 g/mol. The largest absolute Gasteiger partial charge is 0.496 e. The summed E-state index contributed by atoms with van der Waals surface area (Å²) in [6.45, 7) is 0.316. The van der Waals surface area contributed by atoms with E-state index in [4.69, 9.17) is 16.3 Å². The average molecular weight is 439 g/mol. The summed E-state index contributed by atoms with van der Waals surface area (Å²) < 4.78 is 7.09. The lowest BCUT2D eigenvalue weighted by Gasteiger charge is -2.17. The third kappa shape index (κ3) is 4.08. The topological polar surface area (TPSA) is 60.2 Å². The molecule has 0 radical (unpaired) electrons. The van der Waals surface area contributed by atoms with Gasteiger partial charge in [0.2, 0.25) is 5.82 Å². The molecule has 0 aliphatic heterocycles. The normalized spacial score (nSPS) is 10.8. The Bertz CT molecular complexity index is 1160. The van der Waals surface area contributed by atoms with Crippen molar-refractivity contribution >= 4 is 28.8 Å². The van der Waals surface area contributed by atoms with Gasteiger partial charge in [-0.1, -0.05) is 35.9 Å². The second-order valence-electron chi connectivity index (χ2n) is 6.60. The number of amides is 1. The molecule has 0 aliphatic rings. The minimum atomic E-state index is -0.287. The van der Waals surface area contributed by atoms with Crippen molar-refractivity contribution in [3.8, 4) is 22.1 Å². The lowest BCUT2D eigenvalue weighted by molar-refractivity contribution is 0.0772. The molecule has 2 aromatic carbocycles. The molecule has 0 unspecified atom stereocenters. The van der Waals surface area contributed by atoms with E-state index in [1.807, 2.05) is 47.8 Å². The molecule has 0 saturated carbocycles. The van der Waals surface area contributed by atoms with Crippen LogP contribution >= 0.6 is 22.9 Å². The zero-order valence-corrected chi connectivity index (χ0v) is 18.0. The number of nitrogens with zero attached hydrogens (tertiary/aromatic N) is 4. The van der Waals surface area contributed by atoms with Gasteiger partial charge in [0.1, 0.15) is 5.75 Å². The molecular formula is C22H19ClN4O2S. The maximum absolute atomic E-state index is 13.1. The number of rotatable bonds is 6. The number of methoxy groups -OCH3 is 1. The molecule has 2 heterocycles. The van der Waals surface area contributed by atoms with Crippen molar-refractivity contribution in [1.82, 2.24) is 19.7 Å². The maximum atomic E-state index is 13.1. The molecule has 152 valence electrons. The van der Waals surface area contributed by atoms with E-state index in [1.165, 1.54) is 0 Å². The van der Waals surface area contributed by atoms with Gasteiger partial charge in [-0.2, -0.15) is 0 Å². The van der Waals surface area contributed by atoms with E-state index in [-0.39, 0.29) is 11.7 Å². The number of hydrogen-bond donors (Lipinski definition) is 0. The van der Waals surface area contributed by atoms with Crippen molar-refractivity contribution < 1.29 is 9.53 Å². The third-order valence-electron chi connectivity index (χ3n) is 4.54. The van der Waals surface area contributed by atoms with Gasteiger partial charge in [0.25, 0.3) is 5.91 Å². The van der Waals surface area contributed by atoms with Crippen LogP contribution in [-0.2, 0) is 6.54 Å². The summed E-state index contributed by atoms with van der Waals surface area (Å²) in [5.41, 5.74) is 1.65. The lowest BCUT2D eigenvalue weighted by Crippen LogP contribution is -2.27. The SMILES string of the molecule is COc1ccc(Cl)cc1CN(C)C(=O)c1nc(-c2cccs2)n(-c2ccccc2)n1. The third-order valence-corrected chi connectivity index (χ3v) is 5.64. The van der Waals surface area contributed by atoms with Gasteiger partial charge in [-0.3, -0.25) is 4.79 Å². The Morgan fingerprint density at radius 3 is 2.67 bits per heavy atom. The number of hydrogen-bond acceptors (Lipinski definition) is 5. The van der Waals surface area contributed by atoms with E-state index in [0.29, 0.717) is 23.1 Å². The molecule has 0 bridgehead atoms. The van der Waals surface area contributed by atoms with Crippen LogP contribution in [0.4, 0.5) is 0 Å². The Hall–Kier alpha value is -3.16. The number of carbonyl (C=O) groups is 1. The summed E-state index contributed by atoms with van der Waals surface area (Å²) in [5.74, 6) is 1.14. The second kappa shape index (κ2) is 8.69. The van der Waals surface area contributed by atoms with E-state index in [1.54, 1.807) is 53.3 Å². The van der Waals surface area contributed by atoms with E-state index < -0.39 is 0 Å². The number of para-hydroxylation sites is 1. The summed E-state index contributed by atoms with van der Waals surface area (Å²) in [6, 6.07) is 18.9. The summed E-state index contributed by atoms with van der Waals surface area (Å²) in [4.78, 5) is 20.2. The molecule has 0 atom stereocenters. The van der Waals surface area contributed by atoms with Gasteiger partial charge in [-0.05, 0) is 41.8 Å². The van der Waals surface area contributed by atoms with Crippen LogP contribution < -0.4 is 4.74 Å². The minimum Gasteiger partial charge on any atom is -0.496 e. The van der Waals surface area contributed by atoms with Gasteiger partial charge in [-0.25, -0.2) is 9.67 Å². The number of benzene rings is 2. The Morgan fingerprint density at radius 1 is 1.17 bits per heavy atom. The molecule has 0 aliphatic carbocycles. The minimum absolute atomic E-state index is 0.130. The fraction of sp³-hybridized carbons (Fsp3) is 0.136. The van der Waals surface area contributed by atoms with Crippen LogP contribution in [0.15, 0.2) is 66.0 Å². The van der Waals surface area contributed by atoms with Crippen molar-refractivity contribution in [1.29, 1.82) is 0 Å². The van der Waals surface area contributed by atoms with Gasteiger partial charge in [0.05, 0.1) is 17.7 Å². The standard InChI is InChI=1S/C22H19ClN4O2S/c1-26(14-15-13-16(23)10-11-18(15)29-2)22(28)20-24-21(19-9-6-12-30-19)27(25-20)17-7-4-3-5-8-17/h3-13H,14H2,1-2H3. The average Bonchev–Trinajstić information content (AvgIpc) is 3.44. The molecule has 1 amide bonds. The van der Waals surface area contributed by atoms with Crippen LogP contribution in [0.5, 0.6) is 5.75 Å². The Morgan fingerprint density at radius 2 is 1.97 bits per heavy atom. The van der Waals surface area contributed by atoms with Crippen LogP contribution in [0.2, 0.25) is 5.02 Å². The zero-order chi connectivity index (χ0) is 21.1. The van der Waals surface area contributed by atoms with Crippen molar-refractivity contribution in [2.24, 2.45) is 0 Å². The second-order valence-corrected chi connectivity index (χ2v) is 7.99. The zero-order valence-electron chi connectivity index (χ0n) is 16.4. The molecule has 8 heteroatoms. The van der Waals surface area contributed by atoms with Crippen molar-refractivity contribution in [3.63, 3.8) is 0 Å².